The summed E-state index contributed by atoms with van der Waals surface area (Å²) in [6.07, 6.45) is 0.107. The highest BCUT2D eigenvalue weighted by atomic mass is 35.5. The van der Waals surface area contributed by atoms with Crippen LogP contribution in [0.5, 0.6) is 0 Å². The van der Waals surface area contributed by atoms with Crippen molar-refractivity contribution in [2.75, 3.05) is 5.32 Å². The first-order chi connectivity index (χ1) is 11.5. The Labute approximate surface area is 153 Å². The first-order valence-electron chi connectivity index (χ1n) is 7.30. The number of anilines is 1. The fraction of sp³-hybridized carbons (Fsp3) is 0.176. The Morgan fingerprint density at radius 1 is 1.21 bits per heavy atom. The van der Waals surface area contributed by atoms with Crippen LogP contribution >= 0.6 is 35.0 Å². The Morgan fingerprint density at radius 2 is 2.00 bits per heavy atom. The molecule has 1 aliphatic rings. The third-order valence-corrected chi connectivity index (χ3v) is 5.43. The number of carbonyl (C=O) groups is 2. The summed E-state index contributed by atoms with van der Waals surface area (Å²) in [5, 5.41) is 6.22. The molecule has 1 aliphatic heterocycles. The van der Waals surface area contributed by atoms with Crippen molar-refractivity contribution in [2.45, 2.75) is 23.1 Å². The Hall–Kier alpha value is -1.69. The van der Waals surface area contributed by atoms with Gasteiger partial charge in [-0.15, -0.1) is 11.8 Å². The molecular weight excluding hydrogens is 367 g/mol. The lowest BCUT2D eigenvalue weighted by Gasteiger charge is -2.23. The summed E-state index contributed by atoms with van der Waals surface area (Å²) in [5.41, 5.74) is 1.57. The number of halogens is 2. The molecule has 4 nitrogen and oxygen atoms in total. The molecular formula is C17H14Cl2N2O2S. The predicted molar refractivity (Wildman–Crippen MR) is 97.6 cm³/mol. The van der Waals surface area contributed by atoms with E-state index in [9.17, 15) is 9.59 Å². The maximum Gasteiger partial charge on any atom is 0.238 e. The lowest BCUT2D eigenvalue weighted by Crippen LogP contribution is -2.34. The van der Waals surface area contributed by atoms with E-state index in [1.807, 2.05) is 24.3 Å². The van der Waals surface area contributed by atoms with Gasteiger partial charge in [0.15, 0.2) is 0 Å². The number of amides is 2. The van der Waals surface area contributed by atoms with Crippen LogP contribution in [-0.2, 0) is 16.1 Å². The van der Waals surface area contributed by atoms with Crippen molar-refractivity contribution in [3.8, 4) is 0 Å². The zero-order valence-electron chi connectivity index (χ0n) is 12.5. The number of carbonyl (C=O) groups excluding carboxylic acids is 2. The third-order valence-electron chi connectivity index (χ3n) is 3.57. The molecule has 2 amide bonds. The van der Waals surface area contributed by atoms with Crippen molar-refractivity contribution >= 4 is 52.5 Å². The van der Waals surface area contributed by atoms with E-state index < -0.39 is 5.25 Å². The van der Waals surface area contributed by atoms with Gasteiger partial charge in [-0.2, -0.15) is 0 Å². The second kappa shape index (κ2) is 7.47. The van der Waals surface area contributed by atoms with E-state index in [4.69, 9.17) is 23.2 Å². The molecule has 0 fully saturated rings. The molecule has 2 aromatic rings. The van der Waals surface area contributed by atoms with E-state index >= 15 is 0 Å². The van der Waals surface area contributed by atoms with Crippen LogP contribution in [0.3, 0.4) is 0 Å². The Bertz CT molecular complexity index is 798. The summed E-state index contributed by atoms with van der Waals surface area (Å²) in [5.74, 6) is -0.355. The van der Waals surface area contributed by atoms with Gasteiger partial charge in [0.1, 0.15) is 0 Å². The van der Waals surface area contributed by atoms with E-state index in [-0.39, 0.29) is 18.2 Å². The lowest BCUT2D eigenvalue weighted by molar-refractivity contribution is -0.124. The molecule has 24 heavy (non-hydrogen) atoms. The number of rotatable bonds is 4. The number of fused-ring (bicyclic) bond motifs is 1. The number of benzene rings is 2. The van der Waals surface area contributed by atoms with Gasteiger partial charge in [0.2, 0.25) is 11.8 Å². The summed E-state index contributed by atoms with van der Waals surface area (Å²) in [6, 6.07) is 12.7. The van der Waals surface area contributed by atoms with E-state index in [1.165, 1.54) is 11.8 Å². The van der Waals surface area contributed by atoms with E-state index in [2.05, 4.69) is 10.6 Å². The van der Waals surface area contributed by atoms with Gasteiger partial charge in [-0.25, -0.2) is 0 Å². The summed E-state index contributed by atoms with van der Waals surface area (Å²) >= 11 is 13.3. The van der Waals surface area contributed by atoms with E-state index in [0.717, 1.165) is 16.1 Å². The Kier molecular flexibility index (Phi) is 5.33. The maximum absolute atomic E-state index is 12.1. The molecule has 1 atom stereocenters. The molecule has 0 saturated heterocycles. The number of thioether (sulfide) groups is 1. The maximum atomic E-state index is 12.1. The van der Waals surface area contributed by atoms with Crippen molar-refractivity contribution in [3.05, 3.63) is 58.1 Å². The van der Waals surface area contributed by atoms with Crippen LogP contribution in [0.15, 0.2) is 47.4 Å². The minimum atomic E-state index is -0.444. The lowest BCUT2D eigenvalue weighted by atomic mass is 10.2. The molecule has 0 radical (unpaired) electrons. The van der Waals surface area contributed by atoms with Gasteiger partial charge < -0.3 is 10.6 Å². The number of hydrogen-bond donors (Lipinski definition) is 2. The van der Waals surface area contributed by atoms with Gasteiger partial charge in [0.25, 0.3) is 0 Å². The Morgan fingerprint density at radius 3 is 2.79 bits per heavy atom. The first-order valence-corrected chi connectivity index (χ1v) is 8.93. The van der Waals surface area contributed by atoms with Crippen LogP contribution in [0.4, 0.5) is 5.69 Å². The monoisotopic (exact) mass is 380 g/mol. The molecule has 0 saturated carbocycles. The van der Waals surface area contributed by atoms with Gasteiger partial charge in [-0.3, -0.25) is 9.59 Å². The summed E-state index contributed by atoms with van der Waals surface area (Å²) in [4.78, 5) is 25.2. The van der Waals surface area contributed by atoms with Crippen molar-refractivity contribution < 1.29 is 9.59 Å². The number of nitrogens with one attached hydrogen (secondary N) is 2. The minimum Gasteiger partial charge on any atom is -0.352 e. The second-order valence-electron chi connectivity index (χ2n) is 5.31. The zero-order valence-corrected chi connectivity index (χ0v) is 14.8. The highest BCUT2D eigenvalue weighted by Crippen LogP contribution is 2.36. The fourth-order valence-electron chi connectivity index (χ4n) is 2.33. The molecule has 0 unspecified atom stereocenters. The summed E-state index contributed by atoms with van der Waals surface area (Å²) < 4.78 is 0. The molecule has 3 rings (SSSR count). The molecule has 0 bridgehead atoms. The van der Waals surface area contributed by atoms with Crippen molar-refractivity contribution in [1.29, 1.82) is 0 Å². The zero-order chi connectivity index (χ0) is 17.1. The topological polar surface area (TPSA) is 58.2 Å². The van der Waals surface area contributed by atoms with Gasteiger partial charge >= 0.3 is 0 Å². The van der Waals surface area contributed by atoms with Crippen molar-refractivity contribution in [2.24, 2.45) is 0 Å². The average molecular weight is 381 g/mol. The quantitative estimate of drug-likeness (QED) is 0.838. The number of hydrogen-bond acceptors (Lipinski definition) is 3. The van der Waals surface area contributed by atoms with Crippen molar-refractivity contribution in [1.82, 2.24) is 5.32 Å². The average Bonchev–Trinajstić information content (AvgIpc) is 2.55. The fourth-order valence-corrected chi connectivity index (χ4v) is 3.91. The summed E-state index contributed by atoms with van der Waals surface area (Å²) in [7, 11) is 0. The Balaban J connectivity index is 1.58. The first kappa shape index (κ1) is 17.1. The van der Waals surface area contributed by atoms with Crippen LogP contribution in [0.25, 0.3) is 0 Å². The minimum absolute atomic E-state index is 0.107. The largest absolute Gasteiger partial charge is 0.352 e. The van der Waals surface area contributed by atoms with E-state index in [0.29, 0.717) is 16.6 Å². The summed E-state index contributed by atoms with van der Waals surface area (Å²) in [6.45, 7) is 0.296. The molecule has 2 aromatic carbocycles. The van der Waals surface area contributed by atoms with E-state index in [1.54, 1.807) is 18.2 Å². The van der Waals surface area contributed by atoms with Gasteiger partial charge in [-0.05, 0) is 29.8 Å². The molecule has 7 heteroatoms. The predicted octanol–water partition coefficient (Wildman–Crippen LogP) is 4.11. The van der Waals surface area contributed by atoms with Crippen LogP contribution in [0.1, 0.15) is 12.0 Å². The molecule has 2 N–H and O–H groups in total. The number of para-hydroxylation sites is 1. The van der Waals surface area contributed by atoms with Crippen LogP contribution in [0, 0.1) is 0 Å². The molecule has 0 spiro atoms. The smallest absolute Gasteiger partial charge is 0.238 e. The normalized spacial score (nSPS) is 16.2. The standard InChI is InChI=1S/C17H14Cl2N2O2S/c18-11-6-5-10(12(19)7-11)9-20-16(22)8-15-17(23)21-13-3-1-2-4-14(13)24-15/h1-7,15H,8-9H2,(H,20,22)(H,21,23)/t15-/m0/s1. The van der Waals surface area contributed by atoms with Gasteiger partial charge in [0.05, 0.1) is 10.9 Å². The second-order valence-corrected chi connectivity index (χ2v) is 7.40. The molecule has 1 heterocycles. The highest BCUT2D eigenvalue weighted by molar-refractivity contribution is 8.01. The van der Waals surface area contributed by atoms with Gasteiger partial charge in [-0.1, -0.05) is 41.4 Å². The highest BCUT2D eigenvalue weighted by Gasteiger charge is 2.28. The molecule has 0 aliphatic carbocycles. The third kappa shape index (κ3) is 4.04. The van der Waals surface area contributed by atoms with Gasteiger partial charge in [0, 0.05) is 27.9 Å². The van der Waals surface area contributed by atoms with Crippen molar-refractivity contribution in [3.63, 3.8) is 0 Å². The SMILES string of the molecule is O=C(C[C@@H]1Sc2ccccc2NC1=O)NCc1ccc(Cl)cc1Cl. The molecule has 0 aromatic heterocycles. The van der Waals surface area contributed by atoms with Crippen LogP contribution in [-0.4, -0.2) is 17.1 Å². The molecule has 124 valence electrons. The van der Waals surface area contributed by atoms with Crippen LogP contribution in [0.2, 0.25) is 10.0 Å². The van der Waals surface area contributed by atoms with Crippen LogP contribution < -0.4 is 10.6 Å².